The molecule has 0 saturated heterocycles. The lowest BCUT2D eigenvalue weighted by Crippen LogP contribution is -2.51. The maximum Gasteiger partial charge on any atom is 0.261 e. The highest BCUT2D eigenvalue weighted by molar-refractivity contribution is 9.10. The van der Waals surface area contributed by atoms with Crippen LogP contribution in [0.1, 0.15) is 44.7 Å². The predicted octanol–water partition coefficient (Wildman–Crippen LogP) is 5.51. The van der Waals surface area contributed by atoms with Crippen molar-refractivity contribution in [1.82, 2.24) is 10.2 Å². The number of nitrogens with zero attached hydrogens (tertiary/aromatic N) is 1. The molecule has 0 spiro atoms. The zero-order valence-electron chi connectivity index (χ0n) is 18.5. The molecular weight excluding hydrogens is 480 g/mol. The van der Waals surface area contributed by atoms with E-state index in [1.807, 2.05) is 52.0 Å². The minimum Gasteiger partial charge on any atom is -0.483 e. The molecule has 0 aliphatic rings. The first kappa shape index (κ1) is 25.2. The maximum atomic E-state index is 13.2. The average molecular weight is 510 g/mol. The first-order valence-electron chi connectivity index (χ1n) is 10.5. The first-order chi connectivity index (χ1) is 14.7. The van der Waals surface area contributed by atoms with Gasteiger partial charge in [0.25, 0.3) is 5.91 Å². The molecule has 0 radical (unpaired) electrons. The second-order valence-corrected chi connectivity index (χ2v) is 8.90. The van der Waals surface area contributed by atoms with Crippen LogP contribution in [-0.4, -0.2) is 35.4 Å². The molecule has 0 aliphatic carbocycles. The Hall–Kier alpha value is -2.05. The van der Waals surface area contributed by atoms with Gasteiger partial charge in [0.15, 0.2) is 6.61 Å². The van der Waals surface area contributed by atoms with E-state index in [0.29, 0.717) is 28.2 Å². The van der Waals surface area contributed by atoms with E-state index in [1.54, 1.807) is 23.1 Å². The standard InChI is InChI=1S/C24H30BrClN2O3/c1-5-17(4)27-24(30)21(6-2)28(14-18-9-7-16(3)8-10-18)23(29)15-31-22-12-11-19(26)13-20(22)25/h7-13,17,21H,5-6,14-15H2,1-4H3,(H,27,30). The molecule has 7 heteroatoms. The number of hydrogen-bond acceptors (Lipinski definition) is 3. The van der Waals surface area contributed by atoms with E-state index < -0.39 is 6.04 Å². The minimum absolute atomic E-state index is 0.0409. The Morgan fingerprint density at radius 3 is 2.39 bits per heavy atom. The molecule has 2 amide bonds. The van der Waals surface area contributed by atoms with Crippen molar-refractivity contribution < 1.29 is 14.3 Å². The van der Waals surface area contributed by atoms with Crippen LogP contribution in [0.5, 0.6) is 5.75 Å². The number of benzene rings is 2. The minimum atomic E-state index is -0.583. The zero-order valence-corrected chi connectivity index (χ0v) is 20.8. The van der Waals surface area contributed by atoms with Gasteiger partial charge in [-0.05, 0) is 66.4 Å². The predicted molar refractivity (Wildman–Crippen MR) is 128 cm³/mol. The Morgan fingerprint density at radius 2 is 1.81 bits per heavy atom. The Bertz CT molecular complexity index is 889. The van der Waals surface area contributed by atoms with Crippen LogP contribution >= 0.6 is 27.5 Å². The molecule has 0 bridgehead atoms. The van der Waals surface area contributed by atoms with Crippen LogP contribution in [0.25, 0.3) is 0 Å². The average Bonchev–Trinajstić information content (AvgIpc) is 2.74. The molecule has 2 atom stereocenters. The van der Waals surface area contributed by atoms with Crippen molar-refractivity contribution in [1.29, 1.82) is 0 Å². The summed E-state index contributed by atoms with van der Waals surface area (Å²) < 4.78 is 6.41. The number of carbonyl (C=O) groups excluding carboxylic acids is 2. The van der Waals surface area contributed by atoms with Gasteiger partial charge in [-0.3, -0.25) is 9.59 Å². The molecule has 0 saturated carbocycles. The third-order valence-electron chi connectivity index (χ3n) is 5.11. The number of rotatable bonds is 10. The highest BCUT2D eigenvalue weighted by Gasteiger charge is 2.29. The Kier molecular flexibility index (Phi) is 9.85. The lowest BCUT2D eigenvalue weighted by molar-refractivity contribution is -0.143. The third kappa shape index (κ3) is 7.54. The van der Waals surface area contributed by atoms with E-state index in [2.05, 4.69) is 21.2 Å². The second kappa shape index (κ2) is 12.1. The van der Waals surface area contributed by atoms with Gasteiger partial charge in [-0.25, -0.2) is 0 Å². The molecule has 2 rings (SSSR count). The first-order valence-corrected chi connectivity index (χ1v) is 11.6. The normalized spacial score (nSPS) is 12.7. The van der Waals surface area contributed by atoms with E-state index in [9.17, 15) is 9.59 Å². The van der Waals surface area contributed by atoms with Gasteiger partial charge in [0.1, 0.15) is 11.8 Å². The Balaban J connectivity index is 2.22. The van der Waals surface area contributed by atoms with E-state index in [-0.39, 0.29) is 24.5 Å². The highest BCUT2D eigenvalue weighted by Crippen LogP contribution is 2.28. The van der Waals surface area contributed by atoms with Crippen molar-refractivity contribution in [2.24, 2.45) is 0 Å². The summed E-state index contributed by atoms with van der Waals surface area (Å²) in [6.45, 7) is 8.04. The van der Waals surface area contributed by atoms with Crippen LogP contribution in [0, 0.1) is 6.92 Å². The van der Waals surface area contributed by atoms with Gasteiger partial charge in [0, 0.05) is 17.6 Å². The summed E-state index contributed by atoms with van der Waals surface area (Å²) in [5.41, 5.74) is 2.10. The molecular formula is C24H30BrClN2O3. The molecule has 2 aromatic rings. The van der Waals surface area contributed by atoms with Gasteiger partial charge in [0.2, 0.25) is 5.91 Å². The van der Waals surface area contributed by atoms with E-state index >= 15 is 0 Å². The smallest absolute Gasteiger partial charge is 0.261 e. The molecule has 2 aromatic carbocycles. The van der Waals surface area contributed by atoms with Gasteiger partial charge in [-0.15, -0.1) is 0 Å². The summed E-state index contributed by atoms with van der Waals surface area (Å²) >= 11 is 9.37. The third-order valence-corrected chi connectivity index (χ3v) is 5.96. The molecule has 5 nitrogen and oxygen atoms in total. The van der Waals surface area contributed by atoms with Crippen LogP contribution < -0.4 is 10.1 Å². The van der Waals surface area contributed by atoms with Crippen LogP contribution in [0.15, 0.2) is 46.9 Å². The van der Waals surface area contributed by atoms with Gasteiger partial charge >= 0.3 is 0 Å². The van der Waals surface area contributed by atoms with Crippen molar-refractivity contribution in [3.63, 3.8) is 0 Å². The van der Waals surface area contributed by atoms with Crippen LogP contribution in [-0.2, 0) is 16.1 Å². The van der Waals surface area contributed by atoms with Crippen molar-refractivity contribution in [3.8, 4) is 5.75 Å². The number of amides is 2. The Labute approximate surface area is 198 Å². The number of carbonyl (C=O) groups is 2. The molecule has 1 N–H and O–H groups in total. The van der Waals surface area contributed by atoms with Crippen molar-refractivity contribution in [3.05, 3.63) is 63.1 Å². The monoisotopic (exact) mass is 508 g/mol. The number of ether oxygens (including phenoxy) is 1. The number of aryl methyl sites for hydroxylation is 1. The van der Waals surface area contributed by atoms with E-state index in [4.69, 9.17) is 16.3 Å². The molecule has 0 aromatic heterocycles. The fraction of sp³-hybridized carbons (Fsp3) is 0.417. The van der Waals surface area contributed by atoms with Crippen molar-refractivity contribution >= 4 is 39.3 Å². The van der Waals surface area contributed by atoms with Crippen LogP contribution in [0.3, 0.4) is 0 Å². The fourth-order valence-corrected chi connectivity index (χ4v) is 3.86. The van der Waals surface area contributed by atoms with Gasteiger partial charge < -0.3 is 15.0 Å². The quantitative estimate of drug-likeness (QED) is 0.459. The fourth-order valence-electron chi connectivity index (χ4n) is 3.07. The highest BCUT2D eigenvalue weighted by atomic mass is 79.9. The van der Waals surface area contributed by atoms with E-state index in [1.165, 1.54) is 0 Å². The van der Waals surface area contributed by atoms with Gasteiger partial charge in [-0.2, -0.15) is 0 Å². The summed E-state index contributed by atoms with van der Waals surface area (Å²) in [6, 6.07) is 12.5. The molecule has 2 unspecified atom stereocenters. The van der Waals surface area contributed by atoms with Gasteiger partial charge in [0.05, 0.1) is 4.47 Å². The number of nitrogens with one attached hydrogen (secondary N) is 1. The molecule has 0 fully saturated rings. The lowest BCUT2D eigenvalue weighted by Gasteiger charge is -2.31. The summed E-state index contributed by atoms with van der Waals surface area (Å²) in [6.07, 6.45) is 1.33. The lowest BCUT2D eigenvalue weighted by atomic mass is 10.1. The molecule has 0 heterocycles. The van der Waals surface area contributed by atoms with Crippen LogP contribution in [0.2, 0.25) is 5.02 Å². The summed E-state index contributed by atoms with van der Waals surface area (Å²) in [7, 11) is 0. The largest absolute Gasteiger partial charge is 0.483 e. The zero-order chi connectivity index (χ0) is 23.0. The molecule has 168 valence electrons. The van der Waals surface area contributed by atoms with Gasteiger partial charge in [-0.1, -0.05) is 55.3 Å². The number of halogens is 2. The SMILES string of the molecule is CCC(C)NC(=O)C(CC)N(Cc1ccc(C)cc1)C(=O)COc1ccc(Cl)cc1Br. The van der Waals surface area contributed by atoms with Crippen molar-refractivity contribution in [2.75, 3.05) is 6.61 Å². The number of hydrogen-bond donors (Lipinski definition) is 1. The van der Waals surface area contributed by atoms with E-state index in [0.717, 1.165) is 17.5 Å². The summed E-state index contributed by atoms with van der Waals surface area (Å²) in [5, 5.41) is 3.57. The topological polar surface area (TPSA) is 58.6 Å². The second-order valence-electron chi connectivity index (χ2n) is 7.61. The Morgan fingerprint density at radius 1 is 1.13 bits per heavy atom. The maximum absolute atomic E-state index is 13.2. The molecule has 0 aliphatic heterocycles. The van der Waals surface area contributed by atoms with Crippen LogP contribution in [0.4, 0.5) is 0 Å². The summed E-state index contributed by atoms with van der Waals surface area (Å²) in [5.74, 6) is 0.115. The summed E-state index contributed by atoms with van der Waals surface area (Å²) in [4.78, 5) is 27.7. The molecule has 31 heavy (non-hydrogen) atoms. The van der Waals surface area contributed by atoms with Crippen molar-refractivity contribution in [2.45, 2.75) is 59.2 Å².